The highest BCUT2D eigenvalue weighted by Gasteiger charge is 2.21. The van der Waals surface area contributed by atoms with Crippen LogP contribution < -0.4 is 10.9 Å². The molecule has 0 bridgehead atoms. The molecule has 0 unspecified atom stereocenters. The largest absolute Gasteiger partial charge is 0.325 e. The van der Waals surface area contributed by atoms with Gasteiger partial charge in [0.1, 0.15) is 4.83 Å². The number of allylic oxidation sites excluding steroid dienone is 1. The molecule has 1 aromatic carbocycles. The minimum absolute atomic E-state index is 0.0828. The molecule has 0 aliphatic rings. The van der Waals surface area contributed by atoms with Gasteiger partial charge in [-0.15, -0.1) is 17.9 Å². The molecule has 0 aliphatic heterocycles. The molecule has 2 aromatic heterocycles. The Morgan fingerprint density at radius 1 is 1.39 bits per heavy atom. The number of fused-ring (bicyclic) bond motifs is 1. The van der Waals surface area contributed by atoms with Crippen LogP contribution in [0.5, 0.6) is 0 Å². The van der Waals surface area contributed by atoms with Crippen LogP contribution >= 0.6 is 23.1 Å². The quantitative estimate of drug-likeness (QED) is 0.362. The van der Waals surface area contributed by atoms with Crippen LogP contribution in [0.3, 0.4) is 0 Å². The van der Waals surface area contributed by atoms with Crippen LogP contribution in [0.25, 0.3) is 10.2 Å². The lowest BCUT2D eigenvalue weighted by Crippen LogP contribution is -2.26. The van der Waals surface area contributed by atoms with Crippen LogP contribution in [-0.4, -0.2) is 20.7 Å². The Labute approximate surface area is 172 Å². The summed E-state index contributed by atoms with van der Waals surface area (Å²) in [6, 6.07) is 7.66. The van der Waals surface area contributed by atoms with Gasteiger partial charge < -0.3 is 5.32 Å². The number of rotatable bonds is 6. The van der Waals surface area contributed by atoms with E-state index in [0.29, 0.717) is 21.9 Å². The van der Waals surface area contributed by atoms with E-state index in [1.807, 2.05) is 52.0 Å². The van der Waals surface area contributed by atoms with Crippen molar-refractivity contribution in [2.24, 2.45) is 0 Å². The van der Waals surface area contributed by atoms with E-state index in [1.165, 1.54) is 23.1 Å². The van der Waals surface area contributed by atoms with Gasteiger partial charge in [0.15, 0.2) is 5.16 Å². The van der Waals surface area contributed by atoms with E-state index in [-0.39, 0.29) is 11.5 Å². The molecular formula is C21H23N3O2S2. The van der Waals surface area contributed by atoms with E-state index in [2.05, 4.69) is 11.9 Å². The van der Waals surface area contributed by atoms with Gasteiger partial charge >= 0.3 is 0 Å². The van der Waals surface area contributed by atoms with E-state index in [9.17, 15) is 9.59 Å². The molecule has 28 heavy (non-hydrogen) atoms. The molecule has 7 heteroatoms. The van der Waals surface area contributed by atoms with Gasteiger partial charge in [0.25, 0.3) is 5.56 Å². The summed E-state index contributed by atoms with van der Waals surface area (Å²) < 4.78 is 1.59. The molecule has 0 radical (unpaired) electrons. The molecule has 3 rings (SSSR count). The Morgan fingerprint density at radius 3 is 2.82 bits per heavy atom. The van der Waals surface area contributed by atoms with Crippen LogP contribution in [0.15, 0.2) is 46.9 Å². The maximum Gasteiger partial charge on any atom is 0.263 e. The third kappa shape index (κ3) is 4.05. The van der Waals surface area contributed by atoms with Crippen molar-refractivity contribution in [2.75, 3.05) is 5.32 Å². The molecule has 0 aliphatic carbocycles. The lowest BCUT2D eigenvalue weighted by Gasteiger charge is -2.15. The smallest absolute Gasteiger partial charge is 0.263 e. The molecule has 1 amide bonds. The fourth-order valence-electron chi connectivity index (χ4n) is 2.87. The van der Waals surface area contributed by atoms with Crippen molar-refractivity contribution in [3.05, 3.63) is 63.3 Å². The zero-order valence-electron chi connectivity index (χ0n) is 16.4. The van der Waals surface area contributed by atoms with Crippen molar-refractivity contribution in [3.63, 3.8) is 0 Å². The molecule has 3 aromatic rings. The summed E-state index contributed by atoms with van der Waals surface area (Å²) >= 11 is 2.79. The van der Waals surface area contributed by atoms with Crippen molar-refractivity contribution >= 4 is 44.9 Å². The molecule has 2 heterocycles. The normalized spacial score (nSPS) is 12.1. The van der Waals surface area contributed by atoms with Gasteiger partial charge in [-0.2, -0.15) is 0 Å². The van der Waals surface area contributed by atoms with Crippen molar-refractivity contribution in [3.8, 4) is 0 Å². The van der Waals surface area contributed by atoms with E-state index in [4.69, 9.17) is 4.98 Å². The summed E-state index contributed by atoms with van der Waals surface area (Å²) in [7, 11) is 0. The first-order valence-electron chi connectivity index (χ1n) is 8.97. The molecule has 5 nitrogen and oxygen atoms in total. The number of aromatic nitrogens is 2. The number of nitrogens with zero attached hydrogens (tertiary/aromatic N) is 2. The van der Waals surface area contributed by atoms with E-state index in [0.717, 1.165) is 21.7 Å². The van der Waals surface area contributed by atoms with Crippen molar-refractivity contribution in [2.45, 2.75) is 44.6 Å². The van der Waals surface area contributed by atoms with Crippen molar-refractivity contribution in [1.29, 1.82) is 0 Å². The van der Waals surface area contributed by atoms with Crippen LogP contribution in [0.1, 0.15) is 22.9 Å². The van der Waals surface area contributed by atoms with E-state index < -0.39 is 5.25 Å². The Hall–Kier alpha value is -2.38. The predicted molar refractivity (Wildman–Crippen MR) is 119 cm³/mol. The lowest BCUT2D eigenvalue weighted by atomic mass is 10.2. The number of amides is 1. The average molecular weight is 414 g/mol. The van der Waals surface area contributed by atoms with E-state index in [1.54, 1.807) is 10.6 Å². The molecule has 0 spiro atoms. The lowest BCUT2D eigenvalue weighted by molar-refractivity contribution is -0.115. The summed E-state index contributed by atoms with van der Waals surface area (Å²) in [6.07, 6.45) is 1.67. The zero-order chi connectivity index (χ0) is 20.4. The highest BCUT2D eigenvalue weighted by molar-refractivity contribution is 8.00. The van der Waals surface area contributed by atoms with Gasteiger partial charge in [-0.1, -0.05) is 30.0 Å². The Morgan fingerprint density at radius 2 is 2.14 bits per heavy atom. The van der Waals surface area contributed by atoms with Gasteiger partial charge in [0.2, 0.25) is 5.91 Å². The SMILES string of the molecule is C=CCn1c(S[C@@H](C)C(=O)Nc2cccc(C)c2)nc2sc(C)c(C)c2c1=O. The molecule has 1 N–H and O–H groups in total. The topological polar surface area (TPSA) is 64.0 Å². The molecule has 0 fully saturated rings. The maximum atomic E-state index is 13.0. The maximum absolute atomic E-state index is 13.0. The minimum atomic E-state index is -0.414. The summed E-state index contributed by atoms with van der Waals surface area (Å²) in [4.78, 5) is 32.2. The zero-order valence-corrected chi connectivity index (χ0v) is 18.0. The fourth-order valence-corrected chi connectivity index (χ4v) is 4.86. The molecular weight excluding hydrogens is 390 g/mol. The van der Waals surface area contributed by atoms with Crippen molar-refractivity contribution in [1.82, 2.24) is 9.55 Å². The molecule has 146 valence electrons. The van der Waals surface area contributed by atoms with Crippen LogP contribution in [-0.2, 0) is 11.3 Å². The second kappa shape index (κ2) is 8.32. The summed E-state index contributed by atoms with van der Waals surface area (Å²) in [6.45, 7) is 11.8. The second-order valence-corrected chi connectivity index (χ2v) is 9.19. The number of benzene rings is 1. The Balaban J connectivity index is 1.92. The third-order valence-electron chi connectivity index (χ3n) is 4.50. The standard InChI is InChI=1S/C21H23N3O2S2/c1-6-10-24-20(26)17-13(3)14(4)27-19(17)23-21(24)28-15(5)18(25)22-16-9-7-8-12(2)11-16/h6-9,11,15H,1,10H2,2-5H3,(H,22,25)/t15-/m0/s1. The average Bonchev–Trinajstić information content (AvgIpc) is 2.92. The number of anilines is 1. The first-order valence-corrected chi connectivity index (χ1v) is 10.7. The minimum Gasteiger partial charge on any atom is -0.325 e. The fraction of sp³-hybridized carbons (Fsp3) is 0.286. The Bertz CT molecular complexity index is 1110. The van der Waals surface area contributed by atoms with E-state index >= 15 is 0 Å². The number of thiophene rings is 1. The molecule has 0 saturated carbocycles. The number of nitrogens with one attached hydrogen (secondary N) is 1. The van der Waals surface area contributed by atoms with Crippen LogP contribution in [0.2, 0.25) is 0 Å². The highest BCUT2D eigenvalue weighted by Crippen LogP contribution is 2.30. The summed E-state index contributed by atoms with van der Waals surface area (Å²) in [5.74, 6) is -0.131. The number of hydrogen-bond acceptors (Lipinski definition) is 5. The Kier molecular flexibility index (Phi) is 6.05. The van der Waals surface area contributed by atoms with Crippen molar-refractivity contribution < 1.29 is 4.79 Å². The van der Waals surface area contributed by atoms with Gasteiger partial charge in [-0.25, -0.2) is 4.98 Å². The van der Waals surface area contributed by atoms with Gasteiger partial charge in [0, 0.05) is 17.1 Å². The first kappa shape index (κ1) is 20.4. The summed E-state index contributed by atoms with van der Waals surface area (Å²) in [5, 5.41) is 3.70. The van der Waals surface area contributed by atoms with Crippen LogP contribution in [0.4, 0.5) is 5.69 Å². The number of carbonyl (C=O) groups excluding carboxylic acids is 1. The first-order chi connectivity index (χ1) is 13.3. The van der Waals surface area contributed by atoms with Gasteiger partial charge in [-0.3, -0.25) is 14.2 Å². The number of thioether (sulfide) groups is 1. The third-order valence-corrected chi connectivity index (χ3v) is 6.69. The summed E-state index contributed by atoms with van der Waals surface area (Å²) in [5.41, 5.74) is 2.72. The number of hydrogen-bond donors (Lipinski definition) is 1. The predicted octanol–water partition coefficient (Wildman–Crippen LogP) is 4.69. The number of carbonyl (C=O) groups is 1. The monoisotopic (exact) mass is 413 g/mol. The van der Waals surface area contributed by atoms with Crippen LogP contribution in [0, 0.1) is 20.8 Å². The second-order valence-electron chi connectivity index (χ2n) is 6.68. The van der Waals surface area contributed by atoms with Gasteiger partial charge in [-0.05, 0) is 51.0 Å². The van der Waals surface area contributed by atoms with Gasteiger partial charge in [0.05, 0.1) is 10.6 Å². The number of aryl methyl sites for hydroxylation is 3. The highest BCUT2D eigenvalue weighted by atomic mass is 32.2. The molecule has 0 saturated heterocycles. The molecule has 1 atom stereocenters.